The van der Waals surface area contributed by atoms with Crippen LogP contribution in [0.4, 0.5) is 5.69 Å². The van der Waals surface area contributed by atoms with Crippen LogP contribution >= 0.6 is 11.3 Å². The quantitative estimate of drug-likeness (QED) is 0.666. The monoisotopic (exact) mass is 384 g/mol. The number of anilines is 1. The first-order chi connectivity index (χ1) is 13.1. The molecule has 0 unspecified atom stereocenters. The molecule has 0 spiro atoms. The standard InChI is InChI=1S/C20H20N2O4S/c1-24-14-6-4-13(5-7-14)10-19-21-17(12-27-19)20(23)22-16-11-15(25-2)8-9-18(16)26-3/h4-9,11-12H,10H2,1-3H3,(H,22,23). The Kier molecular flexibility index (Phi) is 5.93. The fourth-order valence-corrected chi connectivity index (χ4v) is 3.32. The van der Waals surface area contributed by atoms with E-state index in [9.17, 15) is 4.79 Å². The van der Waals surface area contributed by atoms with Crippen molar-refractivity contribution >= 4 is 22.9 Å². The van der Waals surface area contributed by atoms with Crippen LogP contribution in [0.25, 0.3) is 0 Å². The second-order valence-corrected chi connectivity index (χ2v) is 6.61. The van der Waals surface area contributed by atoms with Crippen molar-refractivity contribution < 1.29 is 19.0 Å². The van der Waals surface area contributed by atoms with Crippen LogP contribution in [0.1, 0.15) is 21.1 Å². The maximum Gasteiger partial charge on any atom is 0.275 e. The predicted octanol–water partition coefficient (Wildman–Crippen LogP) is 4.01. The Labute approximate surface area is 161 Å². The van der Waals surface area contributed by atoms with Gasteiger partial charge in [0.2, 0.25) is 0 Å². The number of amides is 1. The molecule has 0 radical (unpaired) electrons. The number of nitrogens with zero attached hydrogens (tertiary/aromatic N) is 1. The van der Waals surface area contributed by atoms with Gasteiger partial charge in [0.25, 0.3) is 5.91 Å². The highest BCUT2D eigenvalue weighted by Gasteiger charge is 2.14. The highest BCUT2D eigenvalue weighted by molar-refractivity contribution is 7.09. The van der Waals surface area contributed by atoms with Crippen molar-refractivity contribution in [1.29, 1.82) is 0 Å². The number of nitrogens with one attached hydrogen (secondary N) is 1. The van der Waals surface area contributed by atoms with E-state index in [0.717, 1.165) is 16.3 Å². The summed E-state index contributed by atoms with van der Waals surface area (Å²) in [4.78, 5) is 17.0. The molecule has 0 fully saturated rings. The minimum atomic E-state index is -0.293. The molecule has 1 heterocycles. The molecule has 7 heteroatoms. The maximum absolute atomic E-state index is 12.6. The Bertz CT molecular complexity index is 922. The van der Waals surface area contributed by atoms with Crippen LogP contribution in [0, 0.1) is 0 Å². The van der Waals surface area contributed by atoms with Gasteiger partial charge in [-0.15, -0.1) is 11.3 Å². The van der Waals surface area contributed by atoms with Crippen LogP contribution in [-0.4, -0.2) is 32.2 Å². The lowest BCUT2D eigenvalue weighted by atomic mass is 10.1. The topological polar surface area (TPSA) is 69.7 Å². The van der Waals surface area contributed by atoms with E-state index in [4.69, 9.17) is 14.2 Å². The first-order valence-electron chi connectivity index (χ1n) is 8.23. The average molecular weight is 384 g/mol. The molecule has 3 aromatic rings. The number of aromatic nitrogens is 1. The number of carbonyl (C=O) groups excluding carboxylic acids is 1. The molecule has 1 amide bonds. The van der Waals surface area contributed by atoms with Crippen molar-refractivity contribution in [2.75, 3.05) is 26.6 Å². The number of carbonyl (C=O) groups is 1. The number of rotatable bonds is 7. The van der Waals surface area contributed by atoms with Crippen LogP contribution in [0.2, 0.25) is 0 Å². The summed E-state index contributed by atoms with van der Waals surface area (Å²) in [6, 6.07) is 13.0. The fourth-order valence-electron chi connectivity index (χ4n) is 2.51. The van der Waals surface area contributed by atoms with Gasteiger partial charge in [-0.3, -0.25) is 4.79 Å². The molecule has 27 heavy (non-hydrogen) atoms. The van der Waals surface area contributed by atoms with Crippen molar-refractivity contribution in [3.8, 4) is 17.2 Å². The molecular weight excluding hydrogens is 364 g/mol. The van der Waals surface area contributed by atoms with E-state index in [1.54, 1.807) is 44.9 Å². The predicted molar refractivity (Wildman–Crippen MR) is 105 cm³/mol. The van der Waals surface area contributed by atoms with Crippen LogP contribution in [0.5, 0.6) is 17.2 Å². The van der Waals surface area contributed by atoms with E-state index in [-0.39, 0.29) is 5.91 Å². The summed E-state index contributed by atoms with van der Waals surface area (Å²) in [5.74, 6) is 1.70. The molecule has 2 aromatic carbocycles. The highest BCUT2D eigenvalue weighted by Crippen LogP contribution is 2.29. The van der Waals surface area contributed by atoms with Crippen molar-refractivity contribution in [2.45, 2.75) is 6.42 Å². The maximum atomic E-state index is 12.6. The Balaban J connectivity index is 1.71. The zero-order valence-electron chi connectivity index (χ0n) is 15.3. The molecule has 1 N–H and O–H groups in total. The zero-order valence-corrected chi connectivity index (χ0v) is 16.1. The number of ether oxygens (including phenoxy) is 3. The van der Waals surface area contributed by atoms with Crippen LogP contribution in [0.3, 0.4) is 0 Å². The normalized spacial score (nSPS) is 10.3. The Morgan fingerprint density at radius 1 is 1.00 bits per heavy atom. The third-order valence-electron chi connectivity index (χ3n) is 3.95. The summed E-state index contributed by atoms with van der Waals surface area (Å²) in [5.41, 5.74) is 2.01. The van der Waals surface area contributed by atoms with Gasteiger partial charge in [-0.1, -0.05) is 12.1 Å². The zero-order chi connectivity index (χ0) is 19.2. The van der Waals surface area contributed by atoms with Crippen molar-refractivity contribution in [3.05, 3.63) is 64.1 Å². The SMILES string of the molecule is COc1ccc(Cc2nc(C(=O)Nc3cc(OC)ccc3OC)cs2)cc1. The van der Waals surface area contributed by atoms with Gasteiger partial charge in [0, 0.05) is 17.9 Å². The molecule has 0 aliphatic carbocycles. The summed E-state index contributed by atoms with van der Waals surface area (Å²) >= 11 is 1.45. The van der Waals surface area contributed by atoms with Crippen molar-refractivity contribution in [2.24, 2.45) is 0 Å². The van der Waals surface area contributed by atoms with Crippen LogP contribution in [-0.2, 0) is 6.42 Å². The molecule has 1 aromatic heterocycles. The van der Waals surface area contributed by atoms with Gasteiger partial charge in [0.15, 0.2) is 0 Å². The first-order valence-corrected chi connectivity index (χ1v) is 9.11. The van der Waals surface area contributed by atoms with E-state index in [0.29, 0.717) is 29.3 Å². The van der Waals surface area contributed by atoms with Gasteiger partial charge in [-0.05, 0) is 29.8 Å². The molecule has 140 valence electrons. The number of hydrogen-bond acceptors (Lipinski definition) is 6. The third kappa shape index (κ3) is 4.57. The second kappa shape index (κ2) is 8.55. The molecule has 3 rings (SSSR count). The Morgan fingerprint density at radius 3 is 2.37 bits per heavy atom. The second-order valence-electron chi connectivity index (χ2n) is 5.67. The van der Waals surface area contributed by atoms with Gasteiger partial charge in [0.1, 0.15) is 22.9 Å². The van der Waals surface area contributed by atoms with E-state index in [2.05, 4.69) is 10.3 Å². The molecule has 0 aliphatic rings. The van der Waals surface area contributed by atoms with Crippen LogP contribution < -0.4 is 19.5 Å². The van der Waals surface area contributed by atoms with E-state index in [1.807, 2.05) is 24.3 Å². The minimum absolute atomic E-state index is 0.293. The lowest BCUT2D eigenvalue weighted by Crippen LogP contribution is -2.13. The van der Waals surface area contributed by atoms with Gasteiger partial charge in [-0.25, -0.2) is 4.98 Å². The molecule has 0 bridgehead atoms. The lowest BCUT2D eigenvalue weighted by Gasteiger charge is -2.10. The van der Waals surface area contributed by atoms with Gasteiger partial charge >= 0.3 is 0 Å². The summed E-state index contributed by atoms with van der Waals surface area (Å²) in [7, 11) is 4.75. The summed E-state index contributed by atoms with van der Waals surface area (Å²) in [6.45, 7) is 0. The molecule has 0 atom stereocenters. The first kappa shape index (κ1) is 18.7. The Morgan fingerprint density at radius 2 is 1.70 bits per heavy atom. The molecule has 0 saturated carbocycles. The smallest absolute Gasteiger partial charge is 0.275 e. The van der Waals surface area contributed by atoms with E-state index in [1.165, 1.54) is 11.3 Å². The number of thiazole rings is 1. The number of methoxy groups -OCH3 is 3. The van der Waals surface area contributed by atoms with E-state index < -0.39 is 0 Å². The summed E-state index contributed by atoms with van der Waals surface area (Å²) in [6.07, 6.45) is 0.657. The van der Waals surface area contributed by atoms with Crippen molar-refractivity contribution in [3.63, 3.8) is 0 Å². The molecular formula is C20H20N2O4S. The average Bonchev–Trinajstić information content (AvgIpc) is 3.17. The molecule has 6 nitrogen and oxygen atoms in total. The minimum Gasteiger partial charge on any atom is -0.497 e. The lowest BCUT2D eigenvalue weighted by molar-refractivity contribution is 0.102. The third-order valence-corrected chi connectivity index (χ3v) is 4.80. The highest BCUT2D eigenvalue weighted by atomic mass is 32.1. The summed E-state index contributed by atoms with van der Waals surface area (Å²) in [5, 5.41) is 5.44. The number of benzene rings is 2. The van der Waals surface area contributed by atoms with E-state index >= 15 is 0 Å². The van der Waals surface area contributed by atoms with Gasteiger partial charge in [-0.2, -0.15) is 0 Å². The fraction of sp³-hybridized carbons (Fsp3) is 0.200. The molecule has 0 saturated heterocycles. The van der Waals surface area contributed by atoms with Crippen LogP contribution in [0.15, 0.2) is 47.8 Å². The Hall–Kier alpha value is -3.06. The van der Waals surface area contributed by atoms with Gasteiger partial charge < -0.3 is 19.5 Å². The molecule has 0 aliphatic heterocycles. The van der Waals surface area contributed by atoms with Crippen molar-refractivity contribution in [1.82, 2.24) is 4.98 Å². The largest absolute Gasteiger partial charge is 0.497 e. The number of hydrogen-bond donors (Lipinski definition) is 1. The summed E-state index contributed by atoms with van der Waals surface area (Å²) < 4.78 is 15.6. The van der Waals surface area contributed by atoms with Gasteiger partial charge in [0.05, 0.1) is 32.0 Å².